The number of hydrogen-bond acceptors (Lipinski definition) is 4. The first-order valence-corrected chi connectivity index (χ1v) is 6.48. The number of nitrogens with zero attached hydrogens (tertiary/aromatic N) is 1. The van der Waals surface area contributed by atoms with E-state index in [9.17, 15) is 4.79 Å². The maximum absolute atomic E-state index is 11.5. The Bertz CT molecular complexity index is 260. The molecule has 1 rings (SSSR count). The van der Waals surface area contributed by atoms with Gasteiger partial charge in [0, 0.05) is 19.1 Å². The van der Waals surface area contributed by atoms with Crippen molar-refractivity contribution in [2.24, 2.45) is 11.7 Å². The summed E-state index contributed by atoms with van der Waals surface area (Å²) in [6, 6.07) is 0.504. The van der Waals surface area contributed by atoms with Gasteiger partial charge in [0.15, 0.2) is 0 Å². The van der Waals surface area contributed by atoms with Crippen LogP contribution in [0.15, 0.2) is 0 Å². The van der Waals surface area contributed by atoms with E-state index in [1.807, 2.05) is 0 Å². The van der Waals surface area contributed by atoms with E-state index in [0.717, 1.165) is 19.0 Å². The quantitative estimate of drug-likeness (QED) is 0.685. The number of rotatable bonds is 7. The van der Waals surface area contributed by atoms with Gasteiger partial charge in [-0.1, -0.05) is 0 Å². The van der Waals surface area contributed by atoms with Gasteiger partial charge in [0.25, 0.3) is 0 Å². The highest BCUT2D eigenvalue weighted by Crippen LogP contribution is 2.30. The van der Waals surface area contributed by atoms with E-state index in [1.165, 1.54) is 20.0 Å². The highest BCUT2D eigenvalue weighted by atomic mass is 16.5. The molecule has 2 N–H and O–H groups in total. The van der Waals surface area contributed by atoms with Gasteiger partial charge in [-0.25, -0.2) is 0 Å². The molecule has 0 bridgehead atoms. The Morgan fingerprint density at radius 2 is 2.12 bits per heavy atom. The molecule has 0 aliphatic heterocycles. The highest BCUT2D eigenvalue weighted by molar-refractivity contribution is 5.79. The van der Waals surface area contributed by atoms with Gasteiger partial charge in [-0.05, 0) is 46.0 Å². The van der Waals surface area contributed by atoms with Crippen molar-refractivity contribution in [3.05, 3.63) is 0 Å². The van der Waals surface area contributed by atoms with E-state index in [-0.39, 0.29) is 5.97 Å². The predicted molar refractivity (Wildman–Crippen MR) is 68.7 cm³/mol. The zero-order valence-corrected chi connectivity index (χ0v) is 11.5. The van der Waals surface area contributed by atoms with Crippen LogP contribution in [-0.4, -0.2) is 42.6 Å². The largest absolute Gasteiger partial charge is 0.468 e. The molecule has 0 radical (unpaired) electrons. The molecule has 100 valence electrons. The van der Waals surface area contributed by atoms with Crippen LogP contribution < -0.4 is 5.73 Å². The summed E-state index contributed by atoms with van der Waals surface area (Å²) in [5.74, 6) is 0.534. The lowest BCUT2D eigenvalue weighted by Crippen LogP contribution is -2.49. The summed E-state index contributed by atoms with van der Waals surface area (Å²) >= 11 is 0. The molecule has 1 aliphatic rings. The van der Waals surface area contributed by atoms with Crippen LogP contribution in [0.25, 0.3) is 0 Å². The van der Waals surface area contributed by atoms with Gasteiger partial charge in [0.2, 0.25) is 0 Å². The van der Waals surface area contributed by atoms with E-state index in [2.05, 4.69) is 18.7 Å². The maximum atomic E-state index is 11.5. The van der Waals surface area contributed by atoms with E-state index in [1.54, 1.807) is 6.92 Å². The first-order valence-electron chi connectivity index (χ1n) is 6.48. The molecule has 1 atom stereocenters. The minimum atomic E-state index is -0.870. The van der Waals surface area contributed by atoms with Crippen molar-refractivity contribution in [2.45, 2.75) is 51.6 Å². The fourth-order valence-electron chi connectivity index (χ4n) is 1.90. The van der Waals surface area contributed by atoms with Gasteiger partial charge in [0.1, 0.15) is 5.54 Å². The number of esters is 1. The van der Waals surface area contributed by atoms with E-state index in [4.69, 9.17) is 10.5 Å². The Labute approximate surface area is 104 Å². The third-order valence-electron chi connectivity index (χ3n) is 3.49. The Balaban J connectivity index is 2.41. The molecule has 1 aliphatic carbocycles. The summed E-state index contributed by atoms with van der Waals surface area (Å²) in [6.07, 6.45) is 3.34. The molecule has 0 spiro atoms. The van der Waals surface area contributed by atoms with Gasteiger partial charge in [0.05, 0.1) is 7.11 Å². The Hall–Kier alpha value is -0.610. The van der Waals surface area contributed by atoms with Crippen molar-refractivity contribution >= 4 is 5.97 Å². The van der Waals surface area contributed by atoms with Crippen molar-refractivity contribution in [1.82, 2.24) is 4.90 Å². The third-order valence-corrected chi connectivity index (χ3v) is 3.49. The summed E-state index contributed by atoms with van der Waals surface area (Å²) in [7, 11) is 1.39. The molecule has 0 aromatic rings. The summed E-state index contributed by atoms with van der Waals surface area (Å²) in [5, 5.41) is 0. The van der Waals surface area contributed by atoms with Crippen molar-refractivity contribution in [1.29, 1.82) is 0 Å². The number of ether oxygens (including phenoxy) is 1. The van der Waals surface area contributed by atoms with Gasteiger partial charge in [-0.3, -0.25) is 4.79 Å². The maximum Gasteiger partial charge on any atom is 0.325 e. The standard InChI is InChI=1S/C13H26N2O2/c1-10(2)15(9-11-5-6-11)8-7-13(3,14)12(16)17-4/h10-11H,5-9,14H2,1-4H3. The van der Waals surface area contributed by atoms with Crippen molar-refractivity contribution in [3.63, 3.8) is 0 Å². The minimum Gasteiger partial charge on any atom is -0.468 e. The van der Waals surface area contributed by atoms with Crippen LogP contribution in [0.3, 0.4) is 0 Å². The van der Waals surface area contributed by atoms with Crippen molar-refractivity contribution in [2.75, 3.05) is 20.2 Å². The molecule has 1 saturated carbocycles. The molecule has 17 heavy (non-hydrogen) atoms. The van der Waals surface area contributed by atoms with Crippen LogP contribution in [0.1, 0.15) is 40.0 Å². The Morgan fingerprint density at radius 3 is 2.53 bits per heavy atom. The Morgan fingerprint density at radius 1 is 1.53 bits per heavy atom. The lowest BCUT2D eigenvalue weighted by molar-refractivity contribution is -0.146. The fraction of sp³-hybridized carbons (Fsp3) is 0.923. The minimum absolute atomic E-state index is 0.326. The summed E-state index contributed by atoms with van der Waals surface area (Å²) in [5.41, 5.74) is 5.09. The summed E-state index contributed by atoms with van der Waals surface area (Å²) in [6.45, 7) is 8.11. The SMILES string of the molecule is COC(=O)C(C)(N)CCN(CC1CC1)C(C)C. The average Bonchev–Trinajstić information content (AvgIpc) is 3.06. The number of methoxy groups -OCH3 is 1. The molecule has 0 heterocycles. The second-order valence-electron chi connectivity index (χ2n) is 5.69. The lowest BCUT2D eigenvalue weighted by atomic mass is 9.99. The van der Waals surface area contributed by atoms with E-state index < -0.39 is 5.54 Å². The number of hydrogen-bond donors (Lipinski definition) is 1. The molecule has 4 heteroatoms. The number of nitrogens with two attached hydrogens (primary N) is 1. The van der Waals surface area contributed by atoms with Gasteiger partial charge in [-0.15, -0.1) is 0 Å². The van der Waals surface area contributed by atoms with Crippen LogP contribution in [0.2, 0.25) is 0 Å². The van der Waals surface area contributed by atoms with E-state index >= 15 is 0 Å². The smallest absolute Gasteiger partial charge is 0.325 e. The normalized spacial score (nSPS) is 19.5. The monoisotopic (exact) mass is 242 g/mol. The molecule has 0 amide bonds. The van der Waals surface area contributed by atoms with Crippen LogP contribution in [0.4, 0.5) is 0 Å². The molecule has 0 saturated heterocycles. The van der Waals surface area contributed by atoms with E-state index in [0.29, 0.717) is 12.5 Å². The first kappa shape index (κ1) is 14.5. The second kappa shape index (κ2) is 5.83. The zero-order chi connectivity index (χ0) is 13.1. The van der Waals surface area contributed by atoms with Crippen LogP contribution in [0, 0.1) is 5.92 Å². The predicted octanol–water partition coefficient (Wildman–Crippen LogP) is 1.39. The summed E-state index contributed by atoms with van der Waals surface area (Å²) < 4.78 is 4.72. The van der Waals surface area contributed by atoms with Crippen LogP contribution >= 0.6 is 0 Å². The number of carbonyl (C=O) groups excluding carboxylic acids is 1. The molecule has 1 fully saturated rings. The van der Waals surface area contributed by atoms with Crippen LogP contribution in [0.5, 0.6) is 0 Å². The molecule has 0 aromatic carbocycles. The first-order chi connectivity index (χ1) is 7.86. The average molecular weight is 242 g/mol. The zero-order valence-electron chi connectivity index (χ0n) is 11.5. The third kappa shape index (κ3) is 4.64. The Kier molecular flexibility index (Phi) is 4.95. The van der Waals surface area contributed by atoms with Crippen molar-refractivity contribution in [3.8, 4) is 0 Å². The van der Waals surface area contributed by atoms with Crippen molar-refractivity contribution < 1.29 is 9.53 Å². The van der Waals surface area contributed by atoms with Gasteiger partial charge in [-0.2, -0.15) is 0 Å². The summed E-state index contributed by atoms with van der Waals surface area (Å²) in [4.78, 5) is 13.9. The molecular weight excluding hydrogens is 216 g/mol. The molecule has 0 aromatic heterocycles. The molecule has 4 nitrogen and oxygen atoms in total. The topological polar surface area (TPSA) is 55.6 Å². The van der Waals surface area contributed by atoms with Gasteiger partial charge >= 0.3 is 5.97 Å². The number of carbonyl (C=O) groups is 1. The molecular formula is C13H26N2O2. The van der Waals surface area contributed by atoms with Gasteiger partial charge < -0.3 is 15.4 Å². The second-order valence-corrected chi connectivity index (χ2v) is 5.69. The highest BCUT2D eigenvalue weighted by Gasteiger charge is 2.31. The fourth-order valence-corrected chi connectivity index (χ4v) is 1.90. The van der Waals surface area contributed by atoms with Crippen LogP contribution in [-0.2, 0) is 9.53 Å². The molecule has 1 unspecified atom stereocenters. The lowest BCUT2D eigenvalue weighted by Gasteiger charge is -2.30.